The molecule has 1 amide bonds. The maximum absolute atomic E-state index is 12.9. The third kappa shape index (κ3) is 4.69. The van der Waals surface area contributed by atoms with Crippen molar-refractivity contribution in [3.8, 4) is 5.75 Å². The molecule has 0 N–H and O–H groups in total. The molecule has 3 nitrogen and oxygen atoms in total. The lowest BCUT2D eigenvalue weighted by molar-refractivity contribution is -0.132. The van der Waals surface area contributed by atoms with Crippen molar-refractivity contribution in [3.05, 3.63) is 42.0 Å². The van der Waals surface area contributed by atoms with Crippen molar-refractivity contribution < 1.29 is 18.3 Å². The van der Waals surface area contributed by atoms with Crippen molar-refractivity contribution in [2.75, 3.05) is 19.7 Å². The molecule has 0 saturated carbocycles. The van der Waals surface area contributed by atoms with Crippen LogP contribution in [0.4, 0.5) is 8.78 Å². The maximum Gasteiger partial charge on any atom is 0.260 e. The van der Waals surface area contributed by atoms with E-state index >= 15 is 0 Å². The van der Waals surface area contributed by atoms with Crippen LogP contribution >= 0.6 is 0 Å². The summed E-state index contributed by atoms with van der Waals surface area (Å²) in [6.45, 7) is 8.18. The van der Waals surface area contributed by atoms with Crippen LogP contribution in [-0.2, 0) is 4.79 Å². The highest BCUT2D eigenvalue weighted by Crippen LogP contribution is 2.15. The number of ether oxygens (including phenoxy) is 1. The summed E-state index contributed by atoms with van der Waals surface area (Å²) < 4.78 is 30.8. The van der Waals surface area contributed by atoms with Crippen LogP contribution < -0.4 is 4.74 Å². The molecule has 0 atom stereocenters. The Morgan fingerprint density at radius 3 is 2.58 bits per heavy atom. The first-order valence-corrected chi connectivity index (χ1v) is 5.94. The Bertz CT molecular complexity index is 475. The van der Waals surface area contributed by atoms with Crippen molar-refractivity contribution in [1.29, 1.82) is 0 Å². The fourth-order valence-corrected chi connectivity index (χ4v) is 1.51. The van der Waals surface area contributed by atoms with Gasteiger partial charge in [0.1, 0.15) is 5.75 Å². The minimum atomic E-state index is -1.00. The highest BCUT2D eigenvalue weighted by molar-refractivity contribution is 5.78. The molecule has 0 aliphatic rings. The number of rotatable bonds is 6. The summed E-state index contributed by atoms with van der Waals surface area (Å²) in [6, 6.07) is 3.15. The molecule has 0 saturated heterocycles. The standard InChI is InChI=1S/C14H17F2NO2/c1-4-17(8-10(2)3)14(18)9-19-11-5-6-12(15)13(16)7-11/h5-7H,2,4,8-9H2,1,3H3. The molecular weight excluding hydrogens is 252 g/mol. The number of benzene rings is 1. The van der Waals surface area contributed by atoms with Crippen LogP contribution in [0.2, 0.25) is 0 Å². The average molecular weight is 269 g/mol. The highest BCUT2D eigenvalue weighted by atomic mass is 19.2. The summed E-state index contributed by atoms with van der Waals surface area (Å²) in [5.41, 5.74) is 0.864. The molecule has 1 aromatic rings. The predicted octanol–water partition coefficient (Wildman–Crippen LogP) is 2.77. The lowest BCUT2D eigenvalue weighted by Crippen LogP contribution is -2.35. The van der Waals surface area contributed by atoms with E-state index in [9.17, 15) is 13.6 Å². The lowest BCUT2D eigenvalue weighted by Gasteiger charge is -2.21. The number of amides is 1. The fourth-order valence-electron chi connectivity index (χ4n) is 1.51. The molecule has 0 bridgehead atoms. The van der Waals surface area contributed by atoms with Gasteiger partial charge in [-0.3, -0.25) is 4.79 Å². The number of nitrogens with zero attached hydrogens (tertiary/aromatic N) is 1. The summed E-state index contributed by atoms with van der Waals surface area (Å²) in [6.07, 6.45) is 0. The van der Waals surface area contributed by atoms with Crippen LogP contribution in [-0.4, -0.2) is 30.5 Å². The van der Waals surface area contributed by atoms with Gasteiger partial charge in [-0.05, 0) is 26.0 Å². The molecule has 0 aliphatic heterocycles. The first-order valence-electron chi connectivity index (χ1n) is 5.94. The Morgan fingerprint density at radius 1 is 1.37 bits per heavy atom. The van der Waals surface area contributed by atoms with Crippen molar-refractivity contribution >= 4 is 5.91 Å². The molecule has 0 aromatic heterocycles. The number of hydrogen-bond acceptors (Lipinski definition) is 2. The monoisotopic (exact) mass is 269 g/mol. The Kier molecular flexibility index (Phi) is 5.48. The molecule has 0 radical (unpaired) electrons. The number of hydrogen-bond donors (Lipinski definition) is 0. The Hall–Kier alpha value is -1.91. The van der Waals surface area contributed by atoms with Gasteiger partial charge in [0.05, 0.1) is 0 Å². The largest absolute Gasteiger partial charge is 0.484 e. The smallest absolute Gasteiger partial charge is 0.260 e. The highest BCUT2D eigenvalue weighted by Gasteiger charge is 2.12. The lowest BCUT2D eigenvalue weighted by atomic mass is 10.3. The molecule has 0 heterocycles. The first kappa shape index (κ1) is 15.1. The SMILES string of the molecule is C=C(C)CN(CC)C(=O)COc1ccc(F)c(F)c1. The molecule has 1 rings (SSSR count). The van der Waals surface area contributed by atoms with E-state index in [-0.39, 0.29) is 18.3 Å². The molecule has 0 aliphatic carbocycles. The number of carbonyl (C=O) groups excluding carboxylic acids is 1. The third-order valence-corrected chi connectivity index (χ3v) is 2.45. The topological polar surface area (TPSA) is 29.5 Å². The van der Waals surface area contributed by atoms with Crippen molar-refractivity contribution in [3.63, 3.8) is 0 Å². The van der Waals surface area contributed by atoms with Gasteiger partial charge in [-0.25, -0.2) is 8.78 Å². The molecular formula is C14H17F2NO2. The van der Waals surface area contributed by atoms with Gasteiger partial charge in [-0.1, -0.05) is 12.2 Å². The molecule has 0 unspecified atom stereocenters. The van der Waals surface area contributed by atoms with Crippen LogP contribution in [0.1, 0.15) is 13.8 Å². The van der Waals surface area contributed by atoms with E-state index < -0.39 is 11.6 Å². The zero-order valence-corrected chi connectivity index (χ0v) is 11.1. The van der Waals surface area contributed by atoms with Crippen LogP contribution in [0.5, 0.6) is 5.75 Å². The van der Waals surface area contributed by atoms with Gasteiger partial charge in [0.2, 0.25) is 0 Å². The second kappa shape index (κ2) is 6.87. The van der Waals surface area contributed by atoms with Gasteiger partial charge in [-0.2, -0.15) is 0 Å². The van der Waals surface area contributed by atoms with Gasteiger partial charge in [-0.15, -0.1) is 0 Å². The Labute approximate surface area is 111 Å². The van der Waals surface area contributed by atoms with Crippen molar-refractivity contribution in [2.45, 2.75) is 13.8 Å². The van der Waals surface area contributed by atoms with E-state index in [0.717, 1.165) is 17.7 Å². The van der Waals surface area contributed by atoms with E-state index in [0.29, 0.717) is 13.1 Å². The van der Waals surface area contributed by atoms with Crippen molar-refractivity contribution in [2.24, 2.45) is 0 Å². The number of carbonyl (C=O) groups is 1. The molecule has 5 heteroatoms. The number of likely N-dealkylation sites (N-methyl/N-ethyl adjacent to an activating group) is 1. The minimum Gasteiger partial charge on any atom is -0.484 e. The van der Waals surface area contributed by atoms with Gasteiger partial charge in [0, 0.05) is 19.2 Å². The van der Waals surface area contributed by atoms with Crippen molar-refractivity contribution in [1.82, 2.24) is 4.90 Å². The normalized spacial score (nSPS) is 10.1. The summed E-state index contributed by atoms with van der Waals surface area (Å²) in [4.78, 5) is 13.4. The van der Waals surface area contributed by atoms with Gasteiger partial charge < -0.3 is 9.64 Å². The van der Waals surface area contributed by atoms with E-state index in [4.69, 9.17) is 4.74 Å². The summed E-state index contributed by atoms with van der Waals surface area (Å²) >= 11 is 0. The second-order valence-corrected chi connectivity index (χ2v) is 4.23. The summed E-state index contributed by atoms with van der Waals surface area (Å²) in [5.74, 6) is -2.05. The van der Waals surface area contributed by atoms with Gasteiger partial charge in [0.15, 0.2) is 18.2 Å². The van der Waals surface area contributed by atoms with Crippen LogP contribution in [0.25, 0.3) is 0 Å². The predicted molar refractivity (Wildman–Crippen MR) is 68.9 cm³/mol. The first-order chi connectivity index (χ1) is 8.93. The molecule has 1 aromatic carbocycles. The van der Waals surface area contributed by atoms with Gasteiger partial charge >= 0.3 is 0 Å². The maximum atomic E-state index is 12.9. The van der Waals surface area contributed by atoms with E-state index in [1.165, 1.54) is 6.07 Å². The fraction of sp³-hybridized carbons (Fsp3) is 0.357. The zero-order chi connectivity index (χ0) is 14.4. The second-order valence-electron chi connectivity index (χ2n) is 4.23. The van der Waals surface area contributed by atoms with Crippen LogP contribution in [0.3, 0.4) is 0 Å². The molecule has 0 spiro atoms. The molecule has 19 heavy (non-hydrogen) atoms. The Balaban J connectivity index is 2.57. The Morgan fingerprint density at radius 2 is 2.05 bits per heavy atom. The molecule has 104 valence electrons. The average Bonchev–Trinajstić information content (AvgIpc) is 2.36. The van der Waals surface area contributed by atoms with E-state index in [2.05, 4.69) is 6.58 Å². The molecule has 0 fully saturated rings. The zero-order valence-electron chi connectivity index (χ0n) is 11.1. The van der Waals surface area contributed by atoms with Gasteiger partial charge in [0.25, 0.3) is 5.91 Å². The quantitative estimate of drug-likeness (QED) is 0.743. The number of halogens is 2. The summed E-state index contributed by atoms with van der Waals surface area (Å²) in [5, 5.41) is 0. The minimum absolute atomic E-state index is 0.124. The summed E-state index contributed by atoms with van der Waals surface area (Å²) in [7, 11) is 0. The third-order valence-electron chi connectivity index (χ3n) is 2.45. The van der Waals surface area contributed by atoms with Crippen LogP contribution in [0.15, 0.2) is 30.4 Å². The van der Waals surface area contributed by atoms with E-state index in [1.54, 1.807) is 4.90 Å². The van der Waals surface area contributed by atoms with E-state index in [1.807, 2.05) is 13.8 Å². The van der Waals surface area contributed by atoms with Crippen LogP contribution in [0, 0.1) is 11.6 Å².